The molecule has 0 fully saturated rings. The molecule has 0 aliphatic carbocycles. The molecule has 1 amide bonds. The summed E-state index contributed by atoms with van der Waals surface area (Å²) in [4.78, 5) is 23.0. The van der Waals surface area contributed by atoms with E-state index in [1.807, 2.05) is 0 Å². The Kier molecular flexibility index (Phi) is 4.00. The minimum absolute atomic E-state index is 0.0160. The molecule has 0 bridgehead atoms. The van der Waals surface area contributed by atoms with Crippen LogP contribution in [0.25, 0.3) is 0 Å². The highest BCUT2D eigenvalue weighted by Crippen LogP contribution is 2.35. The van der Waals surface area contributed by atoms with Crippen LogP contribution >= 0.6 is 0 Å². The number of fused-ring (bicyclic) bond motifs is 1. The lowest BCUT2D eigenvalue weighted by Crippen LogP contribution is -2.47. The van der Waals surface area contributed by atoms with Crippen molar-refractivity contribution >= 4 is 23.1 Å². The van der Waals surface area contributed by atoms with E-state index in [4.69, 9.17) is 5.73 Å². The number of hydrogen-bond acceptors (Lipinski definition) is 5. The molecule has 1 aromatic carbocycles. The van der Waals surface area contributed by atoms with E-state index in [0.29, 0.717) is 11.4 Å². The predicted octanol–water partition coefficient (Wildman–Crippen LogP) is 2.09. The molecule has 9 heteroatoms. The SMILES string of the molecule is Nc1nccnc1C(=O)N1CCN(CC(F)(F)F)c2ccccc21. The van der Waals surface area contributed by atoms with Crippen LogP contribution in [-0.4, -0.2) is 41.7 Å². The van der Waals surface area contributed by atoms with E-state index in [0.717, 1.165) is 0 Å². The molecule has 1 aliphatic heterocycles. The van der Waals surface area contributed by atoms with Crippen LogP contribution in [0.3, 0.4) is 0 Å². The summed E-state index contributed by atoms with van der Waals surface area (Å²) in [5.41, 5.74) is 6.40. The molecule has 1 aromatic heterocycles. The number of para-hydroxylation sites is 2. The van der Waals surface area contributed by atoms with Crippen molar-refractivity contribution < 1.29 is 18.0 Å². The van der Waals surface area contributed by atoms with Crippen LogP contribution in [0.2, 0.25) is 0 Å². The summed E-state index contributed by atoms with van der Waals surface area (Å²) in [6, 6.07) is 6.45. The number of nitrogens with two attached hydrogens (primary N) is 1. The zero-order valence-corrected chi connectivity index (χ0v) is 12.5. The molecule has 0 saturated carbocycles. The Morgan fingerprint density at radius 1 is 1.12 bits per heavy atom. The van der Waals surface area contributed by atoms with Gasteiger partial charge in [-0.2, -0.15) is 13.2 Å². The zero-order valence-electron chi connectivity index (χ0n) is 12.5. The number of amides is 1. The fourth-order valence-electron chi connectivity index (χ4n) is 2.65. The average molecular weight is 337 g/mol. The molecule has 24 heavy (non-hydrogen) atoms. The van der Waals surface area contributed by atoms with Crippen molar-refractivity contribution in [3.05, 3.63) is 42.4 Å². The van der Waals surface area contributed by atoms with E-state index in [1.54, 1.807) is 24.3 Å². The zero-order chi connectivity index (χ0) is 17.3. The fourth-order valence-corrected chi connectivity index (χ4v) is 2.65. The molecule has 6 nitrogen and oxygen atoms in total. The minimum Gasteiger partial charge on any atom is -0.382 e. The van der Waals surface area contributed by atoms with Gasteiger partial charge in [-0.25, -0.2) is 9.97 Å². The first-order valence-corrected chi connectivity index (χ1v) is 7.16. The number of nitrogens with zero attached hydrogens (tertiary/aromatic N) is 4. The van der Waals surface area contributed by atoms with E-state index in [1.165, 1.54) is 22.2 Å². The largest absolute Gasteiger partial charge is 0.405 e. The van der Waals surface area contributed by atoms with Gasteiger partial charge in [0.1, 0.15) is 6.54 Å². The molecule has 0 atom stereocenters. The van der Waals surface area contributed by atoms with Gasteiger partial charge in [0.05, 0.1) is 11.4 Å². The molecule has 1 aliphatic rings. The molecule has 2 heterocycles. The molecule has 126 valence electrons. The number of nitrogen functional groups attached to an aromatic ring is 1. The van der Waals surface area contributed by atoms with E-state index < -0.39 is 18.6 Å². The second kappa shape index (κ2) is 5.99. The lowest BCUT2D eigenvalue weighted by atomic mass is 10.1. The van der Waals surface area contributed by atoms with Crippen LogP contribution in [0.15, 0.2) is 36.7 Å². The van der Waals surface area contributed by atoms with Gasteiger partial charge in [0.15, 0.2) is 11.5 Å². The Morgan fingerprint density at radius 3 is 2.46 bits per heavy atom. The van der Waals surface area contributed by atoms with Crippen molar-refractivity contribution in [2.24, 2.45) is 0 Å². The monoisotopic (exact) mass is 337 g/mol. The molecular weight excluding hydrogens is 323 g/mol. The van der Waals surface area contributed by atoms with Crippen molar-refractivity contribution in [3.8, 4) is 0 Å². The second-order valence-electron chi connectivity index (χ2n) is 5.27. The van der Waals surface area contributed by atoms with Crippen molar-refractivity contribution in [3.63, 3.8) is 0 Å². The molecule has 2 N–H and O–H groups in total. The normalized spacial score (nSPS) is 14.5. The van der Waals surface area contributed by atoms with Gasteiger partial charge in [-0.1, -0.05) is 12.1 Å². The number of halogens is 3. The number of benzene rings is 1. The fraction of sp³-hybridized carbons (Fsp3) is 0.267. The third-order valence-electron chi connectivity index (χ3n) is 3.65. The maximum Gasteiger partial charge on any atom is 0.405 e. The van der Waals surface area contributed by atoms with Gasteiger partial charge in [-0.05, 0) is 12.1 Å². The smallest absolute Gasteiger partial charge is 0.382 e. The third-order valence-corrected chi connectivity index (χ3v) is 3.65. The van der Waals surface area contributed by atoms with Gasteiger partial charge in [0, 0.05) is 25.5 Å². The topological polar surface area (TPSA) is 75.3 Å². The second-order valence-corrected chi connectivity index (χ2v) is 5.27. The number of anilines is 3. The first kappa shape index (κ1) is 16.0. The van der Waals surface area contributed by atoms with Crippen LogP contribution < -0.4 is 15.5 Å². The molecule has 0 spiro atoms. The summed E-state index contributed by atoms with van der Waals surface area (Å²) in [6.07, 6.45) is -1.62. The third kappa shape index (κ3) is 3.10. The first-order valence-electron chi connectivity index (χ1n) is 7.16. The summed E-state index contributed by atoms with van der Waals surface area (Å²) < 4.78 is 38.3. The van der Waals surface area contributed by atoms with Crippen molar-refractivity contribution in [2.75, 3.05) is 35.2 Å². The number of carbonyl (C=O) groups is 1. The van der Waals surface area contributed by atoms with Gasteiger partial charge < -0.3 is 15.5 Å². The van der Waals surface area contributed by atoms with Crippen LogP contribution in [0.5, 0.6) is 0 Å². The average Bonchev–Trinajstić information content (AvgIpc) is 2.54. The quantitative estimate of drug-likeness (QED) is 0.908. The highest BCUT2D eigenvalue weighted by Gasteiger charge is 2.35. The summed E-state index contributed by atoms with van der Waals surface area (Å²) in [6.45, 7) is -0.913. The summed E-state index contributed by atoms with van der Waals surface area (Å²) in [5, 5.41) is 0. The van der Waals surface area contributed by atoms with Gasteiger partial charge in [-0.15, -0.1) is 0 Å². The number of hydrogen-bond donors (Lipinski definition) is 1. The number of rotatable bonds is 2. The lowest BCUT2D eigenvalue weighted by molar-refractivity contribution is -0.119. The summed E-state index contributed by atoms with van der Waals surface area (Å²) in [5.74, 6) is -0.502. The Hall–Kier alpha value is -2.84. The van der Waals surface area contributed by atoms with Crippen LogP contribution in [-0.2, 0) is 0 Å². The molecular formula is C15H14F3N5O. The van der Waals surface area contributed by atoms with Crippen LogP contribution in [0.1, 0.15) is 10.5 Å². The van der Waals surface area contributed by atoms with Crippen LogP contribution in [0, 0.1) is 0 Å². The van der Waals surface area contributed by atoms with Crippen molar-refractivity contribution in [1.82, 2.24) is 9.97 Å². The number of carbonyl (C=O) groups excluding carboxylic acids is 1. The van der Waals surface area contributed by atoms with Gasteiger partial charge in [-0.3, -0.25) is 4.79 Å². The molecule has 0 unspecified atom stereocenters. The molecule has 0 radical (unpaired) electrons. The van der Waals surface area contributed by atoms with Crippen LogP contribution in [0.4, 0.5) is 30.4 Å². The minimum atomic E-state index is -4.32. The Balaban J connectivity index is 1.95. The number of alkyl halides is 3. The Morgan fingerprint density at radius 2 is 1.79 bits per heavy atom. The standard InChI is InChI=1S/C15H14F3N5O/c16-15(17,18)9-22-7-8-23(11-4-2-1-3-10(11)22)14(24)12-13(19)21-6-5-20-12/h1-6H,7-9H2,(H2,19,21). The summed E-state index contributed by atoms with van der Waals surface area (Å²) in [7, 11) is 0. The Bertz CT molecular complexity index is 765. The lowest BCUT2D eigenvalue weighted by Gasteiger charge is -2.37. The Labute approximate surface area is 135 Å². The first-order chi connectivity index (χ1) is 11.4. The van der Waals surface area contributed by atoms with Gasteiger partial charge in [0.2, 0.25) is 0 Å². The van der Waals surface area contributed by atoms with Crippen molar-refractivity contribution in [1.29, 1.82) is 0 Å². The van der Waals surface area contributed by atoms with E-state index >= 15 is 0 Å². The molecule has 3 rings (SSSR count). The summed E-state index contributed by atoms with van der Waals surface area (Å²) >= 11 is 0. The maximum atomic E-state index is 12.8. The highest BCUT2D eigenvalue weighted by molar-refractivity contribution is 6.09. The maximum absolute atomic E-state index is 12.8. The number of aromatic nitrogens is 2. The van der Waals surface area contributed by atoms with E-state index in [9.17, 15) is 18.0 Å². The predicted molar refractivity (Wildman–Crippen MR) is 82.8 cm³/mol. The molecule has 0 saturated heterocycles. The van der Waals surface area contributed by atoms with Gasteiger partial charge >= 0.3 is 6.18 Å². The molecule has 2 aromatic rings. The van der Waals surface area contributed by atoms with E-state index in [2.05, 4.69) is 9.97 Å². The van der Waals surface area contributed by atoms with E-state index in [-0.39, 0.29) is 24.6 Å². The van der Waals surface area contributed by atoms with Crippen molar-refractivity contribution in [2.45, 2.75) is 6.18 Å². The van der Waals surface area contributed by atoms with Gasteiger partial charge in [0.25, 0.3) is 5.91 Å². The highest BCUT2D eigenvalue weighted by atomic mass is 19.4.